The second kappa shape index (κ2) is 7.24. The number of hydrogen-bond donors (Lipinski definition) is 1. The van der Waals surface area contributed by atoms with Crippen LogP contribution in [0.5, 0.6) is 0 Å². The van der Waals surface area contributed by atoms with Crippen molar-refractivity contribution in [3.05, 3.63) is 62.2 Å². The summed E-state index contributed by atoms with van der Waals surface area (Å²) in [5.41, 5.74) is 1.52. The normalized spacial score (nSPS) is 22.9. The highest BCUT2D eigenvalue weighted by atomic mass is 32.2. The van der Waals surface area contributed by atoms with Crippen molar-refractivity contribution in [2.45, 2.75) is 50.5 Å². The van der Waals surface area contributed by atoms with Crippen LogP contribution >= 0.6 is 11.8 Å². The third-order valence-electron chi connectivity index (χ3n) is 6.23. The number of aromatic amines is 1. The molecule has 3 aromatic rings. The van der Waals surface area contributed by atoms with Crippen LogP contribution in [0.15, 0.2) is 44.9 Å². The number of nitrogens with one attached hydrogen (secondary N) is 1. The molecule has 0 unspecified atom stereocenters. The lowest BCUT2D eigenvalue weighted by atomic mass is 9.94. The van der Waals surface area contributed by atoms with Gasteiger partial charge in [0.05, 0.1) is 33.0 Å². The number of pyridine rings is 1. The highest BCUT2D eigenvalue weighted by Gasteiger charge is 2.36. The van der Waals surface area contributed by atoms with Crippen LogP contribution in [-0.2, 0) is 11.8 Å². The number of fused-ring (bicyclic) bond motifs is 2. The van der Waals surface area contributed by atoms with Crippen LogP contribution in [0.2, 0.25) is 0 Å². The van der Waals surface area contributed by atoms with Crippen molar-refractivity contribution in [2.75, 3.05) is 6.61 Å². The number of aliphatic imine (C=N–C) groups is 1. The van der Waals surface area contributed by atoms with E-state index in [1.54, 1.807) is 11.6 Å². The number of rotatable bonds is 2. The van der Waals surface area contributed by atoms with Crippen LogP contribution in [0, 0.1) is 0 Å². The van der Waals surface area contributed by atoms with Crippen molar-refractivity contribution in [1.29, 1.82) is 0 Å². The van der Waals surface area contributed by atoms with E-state index in [1.165, 1.54) is 11.8 Å². The van der Waals surface area contributed by atoms with Gasteiger partial charge in [0.15, 0.2) is 5.82 Å². The Morgan fingerprint density at radius 1 is 1.26 bits per heavy atom. The van der Waals surface area contributed by atoms with Crippen LogP contribution in [0.25, 0.3) is 10.9 Å². The monoisotopic (exact) mass is 438 g/mol. The Morgan fingerprint density at radius 3 is 2.81 bits per heavy atom. The summed E-state index contributed by atoms with van der Waals surface area (Å²) in [5, 5.41) is 4.45. The second-order valence-electron chi connectivity index (χ2n) is 8.95. The second-order valence-corrected chi connectivity index (χ2v) is 10.3. The van der Waals surface area contributed by atoms with E-state index in [9.17, 15) is 9.59 Å². The molecule has 1 fully saturated rings. The Morgan fingerprint density at radius 2 is 2.03 bits per heavy atom. The Labute approximate surface area is 184 Å². The third-order valence-corrected chi connectivity index (χ3v) is 7.39. The summed E-state index contributed by atoms with van der Waals surface area (Å²) in [4.78, 5) is 31.2. The fraction of sp³-hybridized carbons (Fsp3) is 0.435. The molecule has 2 atom stereocenters. The first kappa shape index (κ1) is 20.3. The number of para-hydroxylation sites is 1. The summed E-state index contributed by atoms with van der Waals surface area (Å²) in [6.45, 7) is 6.71. The van der Waals surface area contributed by atoms with Crippen molar-refractivity contribution in [1.82, 2.24) is 14.3 Å². The van der Waals surface area contributed by atoms with Crippen LogP contribution in [0.3, 0.4) is 0 Å². The Kier molecular flexibility index (Phi) is 4.75. The van der Waals surface area contributed by atoms with E-state index in [0.717, 1.165) is 28.8 Å². The average molecular weight is 439 g/mol. The minimum Gasteiger partial charge on any atom is -0.375 e. The maximum Gasteiger partial charge on any atom is 0.271 e. The largest absolute Gasteiger partial charge is 0.375 e. The summed E-state index contributed by atoms with van der Waals surface area (Å²) < 4.78 is 9.43. The minimum absolute atomic E-state index is 0.0869. The Balaban J connectivity index is 1.68. The van der Waals surface area contributed by atoms with Crippen LogP contribution in [0.4, 0.5) is 5.82 Å². The number of hydrogen-bond acceptors (Lipinski definition) is 5. The summed E-state index contributed by atoms with van der Waals surface area (Å²) in [5.74, 6) is 0.643. The molecule has 1 saturated heterocycles. The molecule has 2 aromatic heterocycles. The molecular weight excluding hydrogens is 412 g/mol. The number of ether oxygens (including phenoxy) is 1. The van der Waals surface area contributed by atoms with E-state index in [1.807, 2.05) is 41.9 Å². The predicted octanol–water partition coefficient (Wildman–Crippen LogP) is 4.04. The zero-order valence-corrected chi connectivity index (χ0v) is 19.0. The van der Waals surface area contributed by atoms with Crippen molar-refractivity contribution in [2.24, 2.45) is 12.0 Å². The number of nitrogens with zero attached hydrogens (tertiary/aromatic N) is 3. The Bertz CT molecular complexity index is 1330. The number of thioether (sulfide) groups is 1. The lowest BCUT2D eigenvalue weighted by Gasteiger charge is -2.36. The van der Waals surface area contributed by atoms with E-state index in [4.69, 9.17) is 9.73 Å². The zero-order chi connectivity index (χ0) is 21.9. The van der Waals surface area contributed by atoms with Gasteiger partial charge in [0.2, 0.25) is 0 Å². The smallest absolute Gasteiger partial charge is 0.271 e. The van der Waals surface area contributed by atoms with Gasteiger partial charge < -0.3 is 9.30 Å². The molecule has 7 nitrogen and oxygen atoms in total. The van der Waals surface area contributed by atoms with Gasteiger partial charge in [-0.25, -0.2) is 4.99 Å². The van der Waals surface area contributed by atoms with Gasteiger partial charge in [-0.1, -0.05) is 30.0 Å². The van der Waals surface area contributed by atoms with Gasteiger partial charge in [0.1, 0.15) is 0 Å². The summed E-state index contributed by atoms with van der Waals surface area (Å²) in [6.07, 6.45) is 1.60. The van der Waals surface area contributed by atoms with Crippen LogP contribution < -0.4 is 11.1 Å². The fourth-order valence-corrected chi connectivity index (χ4v) is 5.85. The first-order valence-electron chi connectivity index (χ1n) is 10.5. The molecule has 2 aliphatic rings. The van der Waals surface area contributed by atoms with Crippen molar-refractivity contribution in [3.63, 3.8) is 0 Å². The molecule has 31 heavy (non-hydrogen) atoms. The van der Waals surface area contributed by atoms with Gasteiger partial charge in [-0.2, -0.15) is 0 Å². The minimum atomic E-state index is -0.395. The summed E-state index contributed by atoms with van der Waals surface area (Å²) >= 11 is 1.47. The molecule has 8 heteroatoms. The molecule has 0 radical (unpaired) electrons. The van der Waals surface area contributed by atoms with Crippen molar-refractivity contribution >= 4 is 33.5 Å². The molecule has 4 heterocycles. The fourth-order valence-electron chi connectivity index (χ4n) is 4.75. The maximum atomic E-state index is 13.3. The van der Waals surface area contributed by atoms with Gasteiger partial charge in [-0.3, -0.25) is 19.4 Å². The first-order chi connectivity index (χ1) is 14.7. The van der Waals surface area contributed by atoms with Crippen LogP contribution in [-0.4, -0.2) is 31.6 Å². The highest BCUT2D eigenvalue weighted by Crippen LogP contribution is 2.45. The third kappa shape index (κ3) is 3.38. The van der Waals surface area contributed by atoms with Gasteiger partial charge >= 0.3 is 0 Å². The maximum absolute atomic E-state index is 13.3. The van der Waals surface area contributed by atoms with Crippen molar-refractivity contribution < 1.29 is 4.74 Å². The average Bonchev–Trinajstić information content (AvgIpc) is 3.06. The van der Waals surface area contributed by atoms with E-state index in [0.29, 0.717) is 23.6 Å². The topological polar surface area (TPSA) is 81.4 Å². The van der Waals surface area contributed by atoms with E-state index < -0.39 is 5.25 Å². The van der Waals surface area contributed by atoms with E-state index in [-0.39, 0.29) is 22.8 Å². The van der Waals surface area contributed by atoms with Crippen LogP contribution in [0.1, 0.15) is 56.0 Å². The number of H-pyrrole nitrogens is 1. The lowest BCUT2D eigenvalue weighted by Crippen LogP contribution is -2.35. The molecule has 0 bridgehead atoms. The molecule has 2 aliphatic heterocycles. The molecule has 1 aromatic carbocycles. The quantitative estimate of drug-likeness (QED) is 0.655. The van der Waals surface area contributed by atoms with Gasteiger partial charge in [-0.15, -0.1) is 0 Å². The predicted molar refractivity (Wildman–Crippen MR) is 125 cm³/mol. The SMILES string of the molecule is CC1=Nc2c(c(=O)[nH]n2[C@@H]2CCOC(C)(C)C2)[C@@H](c2cc3ccccc3n(C)c2=O)S1. The number of benzene rings is 1. The van der Waals surface area contributed by atoms with E-state index in [2.05, 4.69) is 18.9 Å². The molecular formula is C23H26N4O3S. The molecule has 0 aliphatic carbocycles. The lowest BCUT2D eigenvalue weighted by molar-refractivity contribution is -0.0705. The summed E-state index contributed by atoms with van der Waals surface area (Å²) in [7, 11) is 1.78. The molecule has 162 valence electrons. The molecule has 1 N–H and O–H groups in total. The van der Waals surface area contributed by atoms with Gasteiger partial charge in [-0.05, 0) is 51.1 Å². The molecule has 0 saturated carbocycles. The molecule has 0 amide bonds. The Hall–Kier alpha value is -2.58. The van der Waals surface area contributed by atoms with Crippen molar-refractivity contribution in [3.8, 4) is 0 Å². The van der Waals surface area contributed by atoms with E-state index >= 15 is 0 Å². The summed E-state index contributed by atoms with van der Waals surface area (Å²) in [6, 6.07) is 9.83. The number of aromatic nitrogens is 3. The van der Waals surface area contributed by atoms with Gasteiger partial charge in [0.25, 0.3) is 11.1 Å². The molecule has 0 spiro atoms. The van der Waals surface area contributed by atoms with Gasteiger partial charge in [0, 0.05) is 19.2 Å². The zero-order valence-electron chi connectivity index (χ0n) is 18.1. The first-order valence-corrected chi connectivity index (χ1v) is 11.4. The highest BCUT2D eigenvalue weighted by molar-refractivity contribution is 8.14. The molecule has 5 rings (SSSR count). The number of aryl methyl sites for hydroxylation is 1. The standard InChI is InChI=1S/C23H26N4O3S/c1-13-24-20-18(21(28)25-27(20)15-9-10-30-23(2,3)12-15)19(31-13)16-11-14-7-5-6-8-17(14)26(4)22(16)29/h5-8,11,15,19H,9-10,12H2,1-4H3,(H,25,28)/t15-,19-/m1/s1.